The van der Waals surface area contributed by atoms with E-state index in [-0.39, 0.29) is 0 Å². The Kier molecular flexibility index (Phi) is 8.80. The van der Waals surface area contributed by atoms with E-state index in [9.17, 15) is 0 Å². The van der Waals surface area contributed by atoms with Gasteiger partial charge in [-0.15, -0.1) is 18.2 Å². The number of hydrogen-bond donors (Lipinski definition) is 0. The predicted octanol–water partition coefficient (Wildman–Crippen LogP) is 6.02. The summed E-state index contributed by atoms with van der Waals surface area (Å²) in [5.41, 5.74) is 1.27. The van der Waals surface area contributed by atoms with Gasteiger partial charge in [-0.25, -0.2) is 4.98 Å². The SMILES string of the molecule is CCCCP(=Cc1csc(C)n1)(CCCC)CCCC. The smallest absolute Gasteiger partial charge is 0.0901 e. The van der Waals surface area contributed by atoms with Crippen molar-refractivity contribution in [2.75, 3.05) is 18.5 Å². The van der Waals surface area contributed by atoms with E-state index in [0.717, 1.165) is 0 Å². The molecule has 1 rings (SSSR count). The molecule has 0 fully saturated rings. The van der Waals surface area contributed by atoms with Crippen molar-refractivity contribution in [2.45, 2.75) is 66.2 Å². The summed E-state index contributed by atoms with van der Waals surface area (Å²) < 4.78 is 0. The van der Waals surface area contributed by atoms with Gasteiger partial charge in [0, 0.05) is 5.38 Å². The number of aryl methyl sites for hydroxylation is 1. The third-order valence-electron chi connectivity index (χ3n) is 3.91. The number of thiazole rings is 1. The quantitative estimate of drug-likeness (QED) is 0.481. The Morgan fingerprint density at radius 1 is 1.00 bits per heavy atom. The second kappa shape index (κ2) is 9.79. The zero-order valence-corrected chi connectivity index (χ0v) is 15.5. The average Bonchev–Trinajstić information content (AvgIpc) is 2.85. The van der Waals surface area contributed by atoms with Crippen LogP contribution < -0.4 is 0 Å². The molecule has 3 heteroatoms. The van der Waals surface area contributed by atoms with Gasteiger partial charge >= 0.3 is 0 Å². The Balaban J connectivity index is 3.01. The van der Waals surface area contributed by atoms with Gasteiger partial charge in [0.2, 0.25) is 0 Å². The van der Waals surface area contributed by atoms with Crippen molar-refractivity contribution in [3.63, 3.8) is 0 Å². The number of unbranched alkanes of at least 4 members (excludes halogenated alkanes) is 3. The first-order valence-corrected chi connectivity index (χ1v) is 11.6. The van der Waals surface area contributed by atoms with Crippen LogP contribution in [0.25, 0.3) is 0 Å². The molecule has 1 nitrogen and oxygen atoms in total. The highest BCUT2D eigenvalue weighted by Crippen LogP contribution is 2.50. The van der Waals surface area contributed by atoms with E-state index in [1.165, 1.54) is 67.7 Å². The zero-order valence-electron chi connectivity index (χ0n) is 13.8. The predicted molar refractivity (Wildman–Crippen MR) is 98.3 cm³/mol. The second-order valence-corrected chi connectivity index (χ2v) is 11.0. The molecule has 0 amide bonds. The molecule has 0 aliphatic heterocycles. The summed E-state index contributed by atoms with van der Waals surface area (Å²) in [4.78, 5) is 4.71. The fraction of sp³-hybridized carbons (Fsp3) is 0.765. The molecule has 0 spiro atoms. The molecule has 0 aromatic carbocycles. The summed E-state index contributed by atoms with van der Waals surface area (Å²) in [7, 11) is 0. The van der Waals surface area contributed by atoms with E-state index in [2.05, 4.69) is 38.9 Å². The first-order chi connectivity index (χ1) is 9.65. The van der Waals surface area contributed by atoms with Crippen molar-refractivity contribution in [3.8, 4) is 0 Å². The third kappa shape index (κ3) is 6.14. The lowest BCUT2D eigenvalue weighted by Gasteiger charge is -2.26. The van der Waals surface area contributed by atoms with Crippen LogP contribution in [0.15, 0.2) is 5.38 Å². The van der Waals surface area contributed by atoms with Crippen LogP contribution in [-0.4, -0.2) is 29.3 Å². The standard InChI is InChI=1S/C17H32NPS/c1-5-8-11-19(12-9-6-2,13-10-7-3)14-17-15-20-16(4)18-17/h14-15H,5-13H2,1-4H3. The van der Waals surface area contributed by atoms with Crippen LogP contribution in [0.5, 0.6) is 0 Å². The monoisotopic (exact) mass is 313 g/mol. The lowest BCUT2D eigenvalue weighted by Crippen LogP contribution is -2.05. The summed E-state index contributed by atoms with van der Waals surface area (Å²) in [6.07, 6.45) is 12.5. The molecule has 1 aromatic rings. The largest absolute Gasteiger partial charge is 0.242 e. The highest BCUT2D eigenvalue weighted by atomic mass is 32.1. The van der Waals surface area contributed by atoms with Crippen molar-refractivity contribution in [2.24, 2.45) is 0 Å². The van der Waals surface area contributed by atoms with E-state index in [4.69, 9.17) is 4.98 Å². The van der Waals surface area contributed by atoms with Gasteiger partial charge in [-0.3, -0.25) is 0 Å². The van der Waals surface area contributed by atoms with Crippen LogP contribution in [0.1, 0.15) is 70.0 Å². The highest BCUT2D eigenvalue weighted by molar-refractivity contribution is 7.75. The minimum atomic E-state index is -0.935. The molecular weight excluding hydrogens is 281 g/mol. The maximum Gasteiger partial charge on any atom is 0.0901 e. The topological polar surface area (TPSA) is 12.9 Å². The zero-order chi connectivity index (χ0) is 14.8. The maximum atomic E-state index is 4.71. The summed E-state index contributed by atoms with van der Waals surface area (Å²) in [6.45, 7) is 8.14. The van der Waals surface area contributed by atoms with E-state index in [1.807, 2.05) is 0 Å². The molecule has 0 unspecified atom stereocenters. The summed E-state index contributed by atoms with van der Waals surface area (Å²) in [6, 6.07) is 0. The van der Waals surface area contributed by atoms with Crippen LogP contribution >= 0.6 is 18.2 Å². The number of aromatic nitrogens is 1. The molecule has 0 atom stereocenters. The highest BCUT2D eigenvalue weighted by Gasteiger charge is 2.17. The molecule has 1 heterocycles. The van der Waals surface area contributed by atoms with Crippen molar-refractivity contribution in [1.82, 2.24) is 4.98 Å². The lowest BCUT2D eigenvalue weighted by molar-refractivity contribution is 0.845. The molecule has 1 aromatic heterocycles. The van der Waals surface area contributed by atoms with Crippen LogP contribution in [0, 0.1) is 6.92 Å². The van der Waals surface area contributed by atoms with Gasteiger partial charge in [0.05, 0.1) is 10.7 Å². The van der Waals surface area contributed by atoms with Crippen LogP contribution in [0.3, 0.4) is 0 Å². The lowest BCUT2D eigenvalue weighted by atomic mass is 10.4. The summed E-state index contributed by atoms with van der Waals surface area (Å²) in [5.74, 6) is 2.62. The molecule has 0 aliphatic carbocycles. The van der Waals surface area contributed by atoms with Crippen LogP contribution in [-0.2, 0) is 0 Å². The molecule has 20 heavy (non-hydrogen) atoms. The Morgan fingerprint density at radius 2 is 1.50 bits per heavy atom. The van der Waals surface area contributed by atoms with Gasteiger partial charge in [0.1, 0.15) is 0 Å². The average molecular weight is 313 g/mol. The first kappa shape index (κ1) is 18.0. The Hall–Kier alpha value is -0.0700. The summed E-state index contributed by atoms with van der Waals surface area (Å²) in [5, 5.41) is 3.46. The Bertz CT molecular complexity index is 394. The van der Waals surface area contributed by atoms with E-state index >= 15 is 0 Å². The minimum absolute atomic E-state index is 0.935. The number of hydrogen-bond acceptors (Lipinski definition) is 2. The number of rotatable bonds is 10. The van der Waals surface area contributed by atoms with Crippen molar-refractivity contribution in [3.05, 3.63) is 16.1 Å². The molecule has 0 bridgehead atoms. The second-order valence-electron chi connectivity index (χ2n) is 5.87. The Labute approximate surface area is 130 Å². The summed E-state index contributed by atoms with van der Waals surface area (Å²) >= 11 is 1.79. The molecular formula is C17H32NPS. The van der Waals surface area contributed by atoms with Gasteiger partial charge in [0.15, 0.2) is 0 Å². The minimum Gasteiger partial charge on any atom is -0.242 e. The number of nitrogens with zero attached hydrogens (tertiary/aromatic N) is 1. The third-order valence-corrected chi connectivity index (χ3v) is 9.14. The molecule has 116 valence electrons. The van der Waals surface area contributed by atoms with E-state index < -0.39 is 6.89 Å². The molecule has 0 N–H and O–H groups in total. The van der Waals surface area contributed by atoms with Gasteiger partial charge in [-0.2, -0.15) is 0 Å². The molecule has 0 aliphatic rings. The van der Waals surface area contributed by atoms with Gasteiger partial charge in [-0.05, 0) is 50.5 Å². The van der Waals surface area contributed by atoms with Crippen molar-refractivity contribution >= 4 is 24.0 Å². The van der Waals surface area contributed by atoms with Gasteiger partial charge in [-0.1, -0.05) is 40.0 Å². The van der Waals surface area contributed by atoms with Crippen molar-refractivity contribution in [1.29, 1.82) is 0 Å². The Morgan fingerprint density at radius 3 is 1.85 bits per heavy atom. The van der Waals surface area contributed by atoms with Crippen LogP contribution in [0.4, 0.5) is 0 Å². The fourth-order valence-electron chi connectivity index (χ4n) is 2.67. The molecule has 0 saturated carbocycles. The van der Waals surface area contributed by atoms with Gasteiger partial charge in [0.25, 0.3) is 0 Å². The van der Waals surface area contributed by atoms with E-state index in [0.29, 0.717) is 0 Å². The normalized spacial score (nSPS) is 11.8. The first-order valence-electron chi connectivity index (χ1n) is 8.29. The fourth-order valence-corrected chi connectivity index (χ4v) is 7.93. The van der Waals surface area contributed by atoms with E-state index in [1.54, 1.807) is 11.3 Å². The molecule has 0 radical (unpaired) electrons. The molecule has 0 saturated heterocycles. The van der Waals surface area contributed by atoms with Crippen LogP contribution in [0.2, 0.25) is 0 Å². The van der Waals surface area contributed by atoms with Crippen molar-refractivity contribution < 1.29 is 0 Å². The van der Waals surface area contributed by atoms with Gasteiger partial charge < -0.3 is 0 Å². The maximum absolute atomic E-state index is 4.71.